The Hall–Kier alpha value is -0.770. The van der Waals surface area contributed by atoms with Crippen LogP contribution in [0.1, 0.15) is 47.5 Å². The number of amides is 1. The average Bonchev–Trinajstić information content (AvgIpc) is 2.79. The van der Waals surface area contributed by atoms with Crippen molar-refractivity contribution in [3.8, 4) is 0 Å². The van der Waals surface area contributed by atoms with Gasteiger partial charge in [-0.3, -0.25) is 0 Å². The van der Waals surface area contributed by atoms with Crippen LogP contribution in [0.25, 0.3) is 0 Å². The fourth-order valence-electron chi connectivity index (χ4n) is 1.64. The Morgan fingerprint density at radius 1 is 1.31 bits per heavy atom. The molecular formula is C12H23NO3. The van der Waals surface area contributed by atoms with Crippen LogP contribution in [0.3, 0.4) is 0 Å². The van der Waals surface area contributed by atoms with Gasteiger partial charge in [-0.15, -0.1) is 0 Å². The van der Waals surface area contributed by atoms with Crippen molar-refractivity contribution in [3.63, 3.8) is 0 Å². The Kier molecular flexibility index (Phi) is 3.53. The second kappa shape index (κ2) is 4.24. The van der Waals surface area contributed by atoms with E-state index in [2.05, 4.69) is 5.32 Å². The van der Waals surface area contributed by atoms with E-state index in [0.29, 0.717) is 5.92 Å². The molecule has 0 radical (unpaired) electrons. The van der Waals surface area contributed by atoms with Gasteiger partial charge in [-0.1, -0.05) is 0 Å². The second-order valence-electron chi connectivity index (χ2n) is 6.13. The van der Waals surface area contributed by atoms with Gasteiger partial charge in [-0.25, -0.2) is 4.79 Å². The third-order valence-corrected chi connectivity index (χ3v) is 2.63. The summed E-state index contributed by atoms with van der Waals surface area (Å²) in [7, 11) is 0. The highest BCUT2D eigenvalue weighted by Gasteiger charge is 2.41. The van der Waals surface area contributed by atoms with Gasteiger partial charge in [0.15, 0.2) is 0 Å². The topological polar surface area (TPSA) is 58.6 Å². The van der Waals surface area contributed by atoms with Crippen molar-refractivity contribution in [1.29, 1.82) is 0 Å². The van der Waals surface area contributed by atoms with Crippen molar-refractivity contribution in [2.45, 2.75) is 64.7 Å². The maximum atomic E-state index is 11.6. The summed E-state index contributed by atoms with van der Waals surface area (Å²) in [6, 6.07) is 0. The van der Waals surface area contributed by atoms with Crippen LogP contribution in [-0.4, -0.2) is 28.4 Å². The van der Waals surface area contributed by atoms with Crippen LogP contribution in [-0.2, 0) is 4.74 Å². The lowest BCUT2D eigenvalue weighted by Crippen LogP contribution is -2.54. The number of carbonyl (C=O) groups is 1. The molecule has 1 aliphatic rings. The molecule has 94 valence electrons. The Morgan fingerprint density at radius 3 is 2.19 bits per heavy atom. The number of alkyl carbamates (subject to hydrolysis) is 1. The highest BCUT2D eigenvalue weighted by atomic mass is 16.6. The van der Waals surface area contributed by atoms with Crippen molar-refractivity contribution in [3.05, 3.63) is 0 Å². The van der Waals surface area contributed by atoms with E-state index in [1.807, 2.05) is 34.6 Å². The van der Waals surface area contributed by atoms with Gasteiger partial charge < -0.3 is 15.2 Å². The zero-order chi connectivity index (χ0) is 12.6. The fourth-order valence-corrected chi connectivity index (χ4v) is 1.64. The van der Waals surface area contributed by atoms with Crippen molar-refractivity contribution in [2.75, 3.05) is 0 Å². The molecule has 1 amide bonds. The van der Waals surface area contributed by atoms with Crippen LogP contribution in [0, 0.1) is 5.92 Å². The largest absolute Gasteiger partial charge is 0.444 e. The summed E-state index contributed by atoms with van der Waals surface area (Å²) in [5.74, 6) is 0.324. The molecule has 1 fully saturated rings. The van der Waals surface area contributed by atoms with Crippen molar-refractivity contribution in [1.82, 2.24) is 5.32 Å². The van der Waals surface area contributed by atoms with Gasteiger partial charge >= 0.3 is 6.09 Å². The molecule has 1 saturated carbocycles. The number of hydrogen-bond donors (Lipinski definition) is 2. The summed E-state index contributed by atoms with van der Waals surface area (Å²) in [4.78, 5) is 11.6. The van der Waals surface area contributed by atoms with Gasteiger partial charge in [0.05, 0.1) is 11.6 Å². The van der Waals surface area contributed by atoms with Crippen LogP contribution in [0.2, 0.25) is 0 Å². The number of rotatable bonds is 3. The maximum Gasteiger partial charge on any atom is 0.408 e. The third kappa shape index (κ3) is 4.00. The number of aliphatic hydroxyl groups is 1. The number of hydrogen-bond acceptors (Lipinski definition) is 3. The molecule has 1 aliphatic carbocycles. The monoisotopic (exact) mass is 229 g/mol. The molecule has 0 saturated heterocycles. The lowest BCUT2D eigenvalue weighted by molar-refractivity contribution is 0.0239. The predicted octanol–water partition coefficient (Wildman–Crippen LogP) is 2.06. The van der Waals surface area contributed by atoms with Gasteiger partial charge in [0, 0.05) is 0 Å². The first-order chi connectivity index (χ1) is 7.12. The van der Waals surface area contributed by atoms with E-state index in [9.17, 15) is 9.90 Å². The fraction of sp³-hybridized carbons (Fsp3) is 0.917. The zero-order valence-corrected chi connectivity index (χ0v) is 10.8. The highest BCUT2D eigenvalue weighted by molar-refractivity contribution is 5.68. The molecule has 0 aromatic rings. The molecule has 0 bridgehead atoms. The SMILES string of the molecule is CC(C)(C)OC(=O)NC(C)(C)C(O)C1CC1. The maximum absolute atomic E-state index is 11.6. The van der Waals surface area contributed by atoms with Crippen LogP contribution in [0.15, 0.2) is 0 Å². The first kappa shape index (κ1) is 13.3. The van der Waals surface area contributed by atoms with E-state index in [4.69, 9.17) is 4.74 Å². The molecule has 1 rings (SSSR count). The van der Waals surface area contributed by atoms with Gasteiger partial charge in [0.25, 0.3) is 0 Å². The molecule has 1 atom stereocenters. The molecule has 0 aromatic heterocycles. The van der Waals surface area contributed by atoms with Crippen molar-refractivity contribution >= 4 is 6.09 Å². The minimum Gasteiger partial charge on any atom is -0.444 e. The first-order valence-electron chi connectivity index (χ1n) is 5.81. The van der Waals surface area contributed by atoms with Crippen LogP contribution >= 0.6 is 0 Å². The summed E-state index contributed by atoms with van der Waals surface area (Å²) in [5, 5.41) is 12.7. The molecule has 2 N–H and O–H groups in total. The van der Waals surface area contributed by atoms with E-state index in [1.54, 1.807) is 0 Å². The summed E-state index contributed by atoms with van der Waals surface area (Å²) < 4.78 is 5.16. The molecule has 0 aliphatic heterocycles. The minimum atomic E-state index is -0.635. The van der Waals surface area contributed by atoms with Gasteiger partial charge in [0.1, 0.15) is 5.60 Å². The summed E-state index contributed by atoms with van der Waals surface area (Å²) in [6.07, 6.45) is 1.11. The summed E-state index contributed by atoms with van der Waals surface area (Å²) in [5.41, 5.74) is -1.14. The number of carbonyl (C=O) groups excluding carboxylic acids is 1. The van der Waals surface area contributed by atoms with Crippen LogP contribution < -0.4 is 5.32 Å². The Bertz CT molecular complexity index is 264. The Balaban J connectivity index is 2.48. The molecule has 1 unspecified atom stereocenters. The third-order valence-electron chi connectivity index (χ3n) is 2.63. The first-order valence-corrected chi connectivity index (χ1v) is 5.81. The van der Waals surface area contributed by atoms with Gasteiger partial charge in [-0.2, -0.15) is 0 Å². The van der Waals surface area contributed by atoms with E-state index in [1.165, 1.54) is 0 Å². The smallest absolute Gasteiger partial charge is 0.408 e. The second-order valence-corrected chi connectivity index (χ2v) is 6.13. The normalized spacial score (nSPS) is 19.1. The molecule has 4 heteroatoms. The molecule has 0 heterocycles. The van der Waals surface area contributed by atoms with Crippen molar-refractivity contribution < 1.29 is 14.6 Å². The lowest BCUT2D eigenvalue weighted by Gasteiger charge is -2.32. The van der Waals surface area contributed by atoms with Crippen LogP contribution in [0.5, 0.6) is 0 Å². The summed E-state index contributed by atoms with van der Waals surface area (Å²) >= 11 is 0. The molecule has 0 spiro atoms. The number of ether oxygens (including phenoxy) is 1. The van der Waals surface area contributed by atoms with Gasteiger partial charge in [-0.05, 0) is 53.4 Å². The Labute approximate surface area is 97.4 Å². The number of nitrogens with one attached hydrogen (secondary N) is 1. The van der Waals surface area contributed by atoms with Crippen LogP contribution in [0.4, 0.5) is 4.79 Å². The van der Waals surface area contributed by atoms with Gasteiger partial charge in [0.2, 0.25) is 0 Å². The van der Waals surface area contributed by atoms with Crippen molar-refractivity contribution in [2.24, 2.45) is 5.92 Å². The molecular weight excluding hydrogens is 206 g/mol. The quantitative estimate of drug-likeness (QED) is 0.778. The highest BCUT2D eigenvalue weighted by Crippen LogP contribution is 2.37. The molecule has 0 aromatic carbocycles. The zero-order valence-electron chi connectivity index (χ0n) is 10.8. The number of aliphatic hydroxyl groups excluding tert-OH is 1. The molecule has 16 heavy (non-hydrogen) atoms. The minimum absolute atomic E-state index is 0.324. The lowest BCUT2D eigenvalue weighted by atomic mass is 9.94. The average molecular weight is 229 g/mol. The van der Waals surface area contributed by atoms with E-state index < -0.39 is 23.3 Å². The standard InChI is InChI=1S/C12H23NO3/c1-11(2,3)16-10(15)13-12(4,5)9(14)8-6-7-8/h8-9,14H,6-7H2,1-5H3,(H,13,15). The Morgan fingerprint density at radius 2 is 1.81 bits per heavy atom. The van der Waals surface area contributed by atoms with E-state index in [-0.39, 0.29) is 0 Å². The van der Waals surface area contributed by atoms with E-state index in [0.717, 1.165) is 12.8 Å². The predicted molar refractivity (Wildman–Crippen MR) is 62.2 cm³/mol. The molecule has 4 nitrogen and oxygen atoms in total. The van der Waals surface area contributed by atoms with E-state index >= 15 is 0 Å². The summed E-state index contributed by atoms with van der Waals surface area (Å²) in [6.45, 7) is 9.09.